The average molecular weight is 318 g/mol. The predicted molar refractivity (Wildman–Crippen MR) is 89.8 cm³/mol. The molecular formula is C16H22N4OS. The molecule has 0 aromatic carbocycles. The van der Waals surface area contributed by atoms with Gasteiger partial charge in [-0.1, -0.05) is 6.92 Å². The van der Waals surface area contributed by atoms with Crippen molar-refractivity contribution in [3.8, 4) is 0 Å². The fourth-order valence-electron chi connectivity index (χ4n) is 3.49. The van der Waals surface area contributed by atoms with E-state index in [1.54, 1.807) is 17.7 Å². The van der Waals surface area contributed by atoms with Crippen molar-refractivity contribution >= 4 is 27.4 Å². The summed E-state index contributed by atoms with van der Waals surface area (Å²) in [6.45, 7) is 8.24. The van der Waals surface area contributed by atoms with Gasteiger partial charge in [-0.3, -0.25) is 4.90 Å². The summed E-state index contributed by atoms with van der Waals surface area (Å²) in [5.74, 6) is 1.12. The molecular weight excluding hydrogens is 296 g/mol. The molecule has 4 heterocycles. The molecule has 2 aromatic heterocycles. The Bertz CT molecular complexity index is 653. The molecule has 0 spiro atoms. The largest absolute Gasteiger partial charge is 0.379 e. The number of anilines is 1. The Morgan fingerprint density at radius 2 is 2.14 bits per heavy atom. The second kappa shape index (κ2) is 6.10. The van der Waals surface area contributed by atoms with Gasteiger partial charge < -0.3 is 9.64 Å². The summed E-state index contributed by atoms with van der Waals surface area (Å²) in [5, 5.41) is 1.23. The normalized spacial score (nSPS) is 23.5. The van der Waals surface area contributed by atoms with Crippen LogP contribution in [0.3, 0.4) is 0 Å². The smallest absolute Gasteiger partial charge is 0.140 e. The van der Waals surface area contributed by atoms with E-state index in [2.05, 4.69) is 32.8 Å². The molecule has 2 aliphatic heterocycles. The van der Waals surface area contributed by atoms with Crippen LogP contribution in [0.25, 0.3) is 10.2 Å². The van der Waals surface area contributed by atoms with Crippen LogP contribution in [0.1, 0.15) is 18.2 Å². The zero-order valence-electron chi connectivity index (χ0n) is 13.0. The topological polar surface area (TPSA) is 41.5 Å². The van der Waals surface area contributed by atoms with E-state index in [0.29, 0.717) is 6.04 Å². The van der Waals surface area contributed by atoms with Crippen LogP contribution in [0.5, 0.6) is 0 Å². The van der Waals surface area contributed by atoms with Gasteiger partial charge in [-0.15, -0.1) is 11.3 Å². The summed E-state index contributed by atoms with van der Waals surface area (Å²) in [7, 11) is 0. The molecule has 0 amide bonds. The second-order valence-corrected chi connectivity index (χ2v) is 7.13. The number of hydrogen-bond acceptors (Lipinski definition) is 6. The number of hydrogen-bond donors (Lipinski definition) is 0. The third-order valence-electron chi connectivity index (χ3n) is 4.73. The van der Waals surface area contributed by atoms with Crippen LogP contribution in [0.15, 0.2) is 12.4 Å². The van der Waals surface area contributed by atoms with Crippen LogP contribution in [0.2, 0.25) is 0 Å². The maximum atomic E-state index is 5.47. The molecule has 6 heteroatoms. The number of nitrogens with zero attached hydrogens (tertiary/aromatic N) is 4. The highest BCUT2D eigenvalue weighted by Gasteiger charge is 2.30. The monoisotopic (exact) mass is 318 g/mol. The lowest BCUT2D eigenvalue weighted by Gasteiger charge is -2.32. The third kappa shape index (κ3) is 2.59. The number of aromatic nitrogens is 2. The Kier molecular flexibility index (Phi) is 3.98. The quantitative estimate of drug-likeness (QED) is 0.867. The zero-order chi connectivity index (χ0) is 14.9. The Balaban J connectivity index is 1.56. The minimum Gasteiger partial charge on any atom is -0.379 e. The molecule has 0 bridgehead atoms. The van der Waals surface area contributed by atoms with Crippen molar-refractivity contribution in [2.24, 2.45) is 0 Å². The molecule has 4 rings (SSSR count). The molecule has 1 atom stereocenters. The molecule has 0 saturated carbocycles. The van der Waals surface area contributed by atoms with E-state index in [9.17, 15) is 0 Å². The molecule has 2 fully saturated rings. The van der Waals surface area contributed by atoms with Gasteiger partial charge in [0.2, 0.25) is 0 Å². The van der Waals surface area contributed by atoms with Crippen molar-refractivity contribution in [2.75, 3.05) is 44.3 Å². The Labute approximate surface area is 134 Å². The van der Waals surface area contributed by atoms with Gasteiger partial charge in [0.1, 0.15) is 17.0 Å². The van der Waals surface area contributed by atoms with Crippen LogP contribution >= 0.6 is 11.3 Å². The lowest BCUT2D eigenvalue weighted by molar-refractivity contribution is 0.0209. The number of aryl methyl sites for hydroxylation is 1. The number of ether oxygens (including phenoxy) is 1. The molecule has 2 aliphatic rings. The SMILES string of the molecule is CCc1cc2c(N3CCC(N4CCOCC4)C3)ncnc2s1. The summed E-state index contributed by atoms with van der Waals surface area (Å²) in [6, 6.07) is 2.91. The summed E-state index contributed by atoms with van der Waals surface area (Å²) in [6.07, 6.45) is 4.00. The molecule has 5 nitrogen and oxygen atoms in total. The highest BCUT2D eigenvalue weighted by atomic mass is 32.1. The molecule has 0 aliphatic carbocycles. The van der Waals surface area contributed by atoms with E-state index in [4.69, 9.17) is 4.74 Å². The number of rotatable bonds is 3. The van der Waals surface area contributed by atoms with E-state index < -0.39 is 0 Å². The predicted octanol–water partition coefficient (Wildman–Crippen LogP) is 2.16. The first-order valence-electron chi connectivity index (χ1n) is 8.15. The van der Waals surface area contributed by atoms with Crippen LogP contribution in [-0.4, -0.2) is 60.3 Å². The molecule has 118 valence electrons. The van der Waals surface area contributed by atoms with Crippen molar-refractivity contribution in [3.05, 3.63) is 17.3 Å². The first-order valence-corrected chi connectivity index (χ1v) is 8.97. The number of morpholine rings is 1. The highest BCUT2D eigenvalue weighted by Crippen LogP contribution is 2.32. The average Bonchev–Trinajstić information content (AvgIpc) is 3.22. The molecule has 22 heavy (non-hydrogen) atoms. The lowest BCUT2D eigenvalue weighted by atomic mass is 10.2. The molecule has 2 aromatic rings. The van der Waals surface area contributed by atoms with Crippen LogP contribution in [-0.2, 0) is 11.2 Å². The summed E-state index contributed by atoms with van der Waals surface area (Å²) in [4.78, 5) is 16.6. The minimum absolute atomic E-state index is 0.637. The van der Waals surface area contributed by atoms with Crippen molar-refractivity contribution in [1.82, 2.24) is 14.9 Å². The van der Waals surface area contributed by atoms with Crippen molar-refractivity contribution < 1.29 is 4.74 Å². The number of fused-ring (bicyclic) bond motifs is 1. The third-order valence-corrected chi connectivity index (χ3v) is 5.92. The maximum absolute atomic E-state index is 5.47. The van der Waals surface area contributed by atoms with E-state index in [1.807, 2.05) is 0 Å². The van der Waals surface area contributed by atoms with E-state index in [0.717, 1.165) is 56.5 Å². The van der Waals surface area contributed by atoms with Crippen molar-refractivity contribution in [3.63, 3.8) is 0 Å². The lowest BCUT2D eigenvalue weighted by Crippen LogP contribution is -2.44. The minimum atomic E-state index is 0.637. The van der Waals surface area contributed by atoms with E-state index in [-0.39, 0.29) is 0 Å². The van der Waals surface area contributed by atoms with Crippen molar-refractivity contribution in [2.45, 2.75) is 25.8 Å². The zero-order valence-corrected chi connectivity index (χ0v) is 13.8. The molecule has 2 saturated heterocycles. The first kappa shape index (κ1) is 14.4. The molecule has 0 N–H and O–H groups in total. The van der Waals surface area contributed by atoms with E-state index >= 15 is 0 Å². The Morgan fingerprint density at radius 3 is 2.95 bits per heavy atom. The van der Waals surface area contributed by atoms with Crippen LogP contribution in [0.4, 0.5) is 5.82 Å². The molecule has 1 unspecified atom stereocenters. The highest BCUT2D eigenvalue weighted by molar-refractivity contribution is 7.18. The van der Waals surface area contributed by atoms with Gasteiger partial charge in [-0.05, 0) is 18.9 Å². The van der Waals surface area contributed by atoms with Crippen molar-refractivity contribution in [1.29, 1.82) is 0 Å². The van der Waals surface area contributed by atoms with Gasteiger partial charge in [0, 0.05) is 37.1 Å². The second-order valence-electron chi connectivity index (χ2n) is 6.02. The summed E-state index contributed by atoms with van der Waals surface area (Å²) < 4.78 is 5.47. The van der Waals surface area contributed by atoms with Gasteiger partial charge in [-0.2, -0.15) is 0 Å². The van der Waals surface area contributed by atoms with Gasteiger partial charge in [0.25, 0.3) is 0 Å². The van der Waals surface area contributed by atoms with Crippen LogP contribution in [0, 0.1) is 0 Å². The maximum Gasteiger partial charge on any atom is 0.140 e. The number of thiophene rings is 1. The van der Waals surface area contributed by atoms with Gasteiger partial charge in [0.15, 0.2) is 0 Å². The first-order chi connectivity index (χ1) is 10.8. The van der Waals surface area contributed by atoms with Gasteiger partial charge >= 0.3 is 0 Å². The van der Waals surface area contributed by atoms with E-state index in [1.165, 1.54) is 16.7 Å². The fourth-order valence-corrected chi connectivity index (χ4v) is 4.42. The summed E-state index contributed by atoms with van der Waals surface area (Å²) >= 11 is 1.79. The Morgan fingerprint density at radius 1 is 1.27 bits per heavy atom. The fraction of sp³-hybridized carbons (Fsp3) is 0.625. The van der Waals surface area contributed by atoms with Gasteiger partial charge in [0.05, 0.1) is 18.6 Å². The van der Waals surface area contributed by atoms with Crippen LogP contribution < -0.4 is 4.90 Å². The molecule has 0 radical (unpaired) electrons. The Hall–Kier alpha value is -1.24. The standard InChI is InChI=1S/C16H22N4OS/c1-2-13-9-14-15(17-11-18-16(14)22-13)20-4-3-12(10-20)19-5-7-21-8-6-19/h9,11-12H,2-8,10H2,1H3. The van der Waals surface area contributed by atoms with Gasteiger partial charge in [-0.25, -0.2) is 9.97 Å². The summed E-state index contributed by atoms with van der Waals surface area (Å²) in [5.41, 5.74) is 0.